The zero-order chi connectivity index (χ0) is 38.7. The van der Waals surface area contributed by atoms with Gasteiger partial charge in [-0.25, -0.2) is 13.9 Å². The molecule has 0 heterocycles. The first-order valence-corrected chi connectivity index (χ1v) is 31.3. The summed E-state index contributed by atoms with van der Waals surface area (Å²) >= 11 is 0. The maximum absolute atomic E-state index is 12.3. The predicted molar refractivity (Wildman–Crippen MR) is 213 cm³/mol. The molecule has 0 aromatic rings. The van der Waals surface area contributed by atoms with Crippen LogP contribution in [0.15, 0.2) is 24.3 Å². The molecule has 50 heavy (non-hydrogen) atoms. The first-order chi connectivity index (χ1) is 22.9. The summed E-state index contributed by atoms with van der Waals surface area (Å²) in [5.41, 5.74) is 1.03. The number of esters is 1. The summed E-state index contributed by atoms with van der Waals surface area (Å²) in [4.78, 5) is 33.6. The van der Waals surface area contributed by atoms with Gasteiger partial charge in [-0.2, -0.15) is 0 Å². The zero-order valence-electron chi connectivity index (χ0n) is 33.2. The smallest absolute Gasteiger partial charge is 0.462 e. The highest BCUT2D eigenvalue weighted by molar-refractivity contribution is 7.47. The van der Waals surface area contributed by atoms with Gasteiger partial charge in [0.15, 0.2) is 29.0 Å². The summed E-state index contributed by atoms with van der Waals surface area (Å²) in [7, 11) is -13.7. The van der Waals surface area contributed by atoms with Crippen molar-refractivity contribution in [1.29, 1.82) is 0 Å². The number of likely N-dealkylation sites (N-methyl/N-ethyl adjacent to an activating group) is 1. The van der Waals surface area contributed by atoms with Crippen LogP contribution in [0.1, 0.15) is 78.6 Å². The monoisotopic (exact) mass is 796 g/mol. The molecule has 0 radical (unpaired) electrons. The molecule has 0 aliphatic rings. The molecule has 0 rings (SSSR count). The van der Waals surface area contributed by atoms with Gasteiger partial charge in [0.05, 0.1) is 13.2 Å². The topological polar surface area (TPSA) is 130 Å². The maximum atomic E-state index is 12.3. The molecule has 0 fully saturated rings. The fraction of sp³-hybridized carbons (Fsp3) is 0.794. The summed E-state index contributed by atoms with van der Waals surface area (Å²) < 4.78 is 50.6. The summed E-state index contributed by atoms with van der Waals surface area (Å²) in [6.07, 6.45) is 7.35. The van der Waals surface area contributed by atoms with Gasteiger partial charge in [0, 0.05) is 12.0 Å². The van der Waals surface area contributed by atoms with Crippen LogP contribution in [0.25, 0.3) is 0 Å². The van der Waals surface area contributed by atoms with Crippen LogP contribution in [0, 0.1) is 0 Å². The van der Waals surface area contributed by atoms with E-state index in [9.17, 15) is 19.0 Å². The van der Waals surface area contributed by atoms with Crippen LogP contribution < -0.4 is 0 Å². The molecule has 292 valence electrons. The number of nitrogens with zero attached hydrogens (tertiary/aromatic N) is 1. The van der Waals surface area contributed by atoms with Crippen molar-refractivity contribution >= 4 is 60.0 Å². The van der Waals surface area contributed by atoms with Crippen molar-refractivity contribution in [1.82, 2.24) is 0 Å². The lowest BCUT2D eigenvalue weighted by Gasteiger charge is -2.43. The van der Waals surface area contributed by atoms with E-state index in [2.05, 4.69) is 65.7 Å². The predicted octanol–water partition coefficient (Wildman–Crippen LogP) is 8.86. The van der Waals surface area contributed by atoms with Gasteiger partial charge >= 0.3 is 30.9 Å². The number of allylic oxidation sites excluding steroid dienone is 1. The molecule has 0 aromatic carbocycles. The minimum atomic E-state index is -4.15. The quantitative estimate of drug-likeness (QED) is 0.0138. The normalized spacial score (nSPS) is 14.9. The second-order valence-electron chi connectivity index (χ2n) is 15.2. The molecule has 0 aliphatic heterocycles. The van der Waals surface area contributed by atoms with E-state index in [1.54, 1.807) is 18.4 Å². The van der Waals surface area contributed by atoms with E-state index in [1.807, 2.05) is 6.92 Å². The highest BCUT2D eigenvalue weighted by Crippen LogP contribution is 2.43. The minimum Gasteiger partial charge on any atom is -0.462 e. The molecular formula is C34H71NO10PSi4+. The van der Waals surface area contributed by atoms with E-state index >= 15 is 0 Å². The van der Waals surface area contributed by atoms with Crippen molar-refractivity contribution in [2.24, 2.45) is 0 Å². The second-order valence-corrected chi connectivity index (χ2v) is 32.7. The zero-order valence-corrected chi connectivity index (χ0v) is 38.1. The molecule has 0 aliphatic carbocycles. The molecule has 0 amide bonds. The lowest BCUT2D eigenvalue weighted by atomic mass is 10.1. The number of Topliss-reactive ketones (excluding diaryl/α,β-unsaturated/α-hetero) is 1. The SMILES string of the molecule is C=C(C)C(=O)CCCCC[Si](C)(C)O[Si](C)(C)O[Si](C)(CCCCOP(=O)(O)OCC[N+](=C)CC)O[Si](C)(C)CCCCCOC(=O)C(=C)C. The average Bonchev–Trinajstić information content (AvgIpc) is 2.96. The fourth-order valence-corrected chi connectivity index (χ4v) is 26.3. The lowest BCUT2D eigenvalue weighted by Crippen LogP contribution is -2.57. The van der Waals surface area contributed by atoms with Crippen LogP contribution in [0.3, 0.4) is 0 Å². The van der Waals surface area contributed by atoms with E-state index < -0.39 is 41.6 Å². The van der Waals surface area contributed by atoms with E-state index in [0.29, 0.717) is 56.1 Å². The molecule has 16 heteroatoms. The number of ether oxygens (including phenoxy) is 1. The summed E-state index contributed by atoms with van der Waals surface area (Å²) in [6.45, 7) is 33.5. The van der Waals surface area contributed by atoms with Crippen LogP contribution >= 0.6 is 7.82 Å². The molecule has 1 N–H and O–H groups in total. The summed E-state index contributed by atoms with van der Waals surface area (Å²) in [6, 6.07) is 2.63. The third-order valence-electron chi connectivity index (χ3n) is 8.03. The van der Waals surface area contributed by atoms with Gasteiger partial charge in [0.1, 0.15) is 19.9 Å². The molecule has 0 spiro atoms. The molecule has 0 saturated heterocycles. The fourth-order valence-electron chi connectivity index (χ4n) is 5.57. The van der Waals surface area contributed by atoms with Crippen molar-refractivity contribution < 1.29 is 49.8 Å². The number of hydrogen-bond acceptors (Lipinski definition) is 9. The number of rotatable bonds is 31. The van der Waals surface area contributed by atoms with Crippen LogP contribution in [-0.2, 0) is 40.3 Å². The molecule has 0 bridgehead atoms. The Balaban J connectivity index is 5.35. The highest BCUT2D eigenvalue weighted by Gasteiger charge is 2.45. The minimum absolute atomic E-state index is 0.0607. The average molecular weight is 797 g/mol. The van der Waals surface area contributed by atoms with Gasteiger partial charge < -0.3 is 22.0 Å². The second kappa shape index (κ2) is 23.7. The molecule has 0 aromatic heterocycles. The molecule has 0 saturated carbocycles. The van der Waals surface area contributed by atoms with Crippen LogP contribution in [0.4, 0.5) is 0 Å². The summed E-state index contributed by atoms with van der Waals surface area (Å²) in [5.74, 6) is -0.215. The Hall–Kier alpha value is -0.852. The van der Waals surface area contributed by atoms with E-state index in [1.165, 1.54) is 0 Å². The summed E-state index contributed by atoms with van der Waals surface area (Å²) in [5, 5.41) is 0. The van der Waals surface area contributed by atoms with Crippen LogP contribution in [-0.4, -0.2) is 94.6 Å². The molecular weight excluding hydrogens is 726 g/mol. The molecule has 11 nitrogen and oxygen atoms in total. The van der Waals surface area contributed by atoms with Gasteiger partial charge in [-0.05, 0) is 116 Å². The number of unbranched alkanes of at least 4 members (excludes halogenated alkanes) is 5. The van der Waals surface area contributed by atoms with Crippen molar-refractivity contribution in [2.75, 3.05) is 32.9 Å². The number of ketones is 1. The van der Waals surface area contributed by atoms with Gasteiger partial charge in [0.2, 0.25) is 0 Å². The Morgan fingerprint density at radius 2 is 1.22 bits per heavy atom. The maximum Gasteiger partial charge on any atom is 0.472 e. The Bertz CT molecular complexity index is 1150. The van der Waals surface area contributed by atoms with E-state index in [4.69, 9.17) is 26.1 Å². The number of carbonyl (C=O) groups is 2. The van der Waals surface area contributed by atoms with Gasteiger partial charge in [-0.3, -0.25) is 13.8 Å². The highest BCUT2D eigenvalue weighted by atomic mass is 31.2. The van der Waals surface area contributed by atoms with Crippen molar-refractivity contribution in [3.63, 3.8) is 0 Å². The first kappa shape index (κ1) is 49.1. The van der Waals surface area contributed by atoms with E-state index in [0.717, 1.165) is 50.6 Å². The Labute approximate surface area is 308 Å². The third kappa shape index (κ3) is 25.2. The standard InChI is InChI=1S/C34H70NO10PSi4/c1-14-35(6)24-27-42-46(38,39)41-26-19-22-30-50(13,44-48(9,10)29-21-16-18-25-40-34(37)32(4)5)45-49(11,12)43-47(7,8)28-20-15-17-23-33(36)31(2)3/h2,4,6,14-30H2,1,3,5,7-13H3/p+1. The lowest BCUT2D eigenvalue weighted by molar-refractivity contribution is -0.517. The number of hydrogen-bond donors (Lipinski definition) is 1. The van der Waals surface area contributed by atoms with Crippen molar-refractivity contribution in [3.8, 4) is 0 Å². The van der Waals surface area contributed by atoms with Crippen molar-refractivity contribution in [3.05, 3.63) is 24.3 Å². The van der Waals surface area contributed by atoms with Gasteiger partial charge in [0.25, 0.3) is 0 Å². The third-order valence-corrected chi connectivity index (χ3v) is 25.2. The van der Waals surface area contributed by atoms with Crippen LogP contribution in [0.5, 0.6) is 0 Å². The molecule has 2 atom stereocenters. The van der Waals surface area contributed by atoms with Gasteiger partial charge in [-0.15, -0.1) is 0 Å². The molecule has 2 unspecified atom stereocenters. The number of phosphoric ester groups is 1. The first-order valence-electron chi connectivity index (χ1n) is 18.2. The Kier molecular flexibility index (Phi) is 23.3. The Morgan fingerprint density at radius 3 is 1.78 bits per heavy atom. The van der Waals surface area contributed by atoms with E-state index in [-0.39, 0.29) is 25.0 Å². The largest absolute Gasteiger partial charge is 0.472 e. The number of phosphoric acid groups is 1. The Morgan fingerprint density at radius 1 is 0.700 bits per heavy atom. The van der Waals surface area contributed by atoms with Gasteiger partial charge in [-0.1, -0.05) is 38.8 Å². The van der Waals surface area contributed by atoms with Crippen molar-refractivity contribution in [2.45, 2.75) is 143 Å². The number of carbonyl (C=O) groups excluding carboxylic acids is 2. The van der Waals surface area contributed by atoms with Crippen LogP contribution in [0.2, 0.25) is 64.0 Å².